The van der Waals surface area contributed by atoms with E-state index in [1.54, 1.807) is 0 Å². The maximum atomic E-state index is 13.8. The fourth-order valence-electron chi connectivity index (χ4n) is 2.09. The number of amides is 1. The molecule has 0 aliphatic rings. The number of aromatic nitrogens is 1. The highest BCUT2D eigenvalue weighted by Gasteiger charge is 2.27. The van der Waals surface area contributed by atoms with Crippen LogP contribution in [-0.4, -0.2) is 29.2 Å². The maximum Gasteiger partial charge on any atom is 0.330 e. The number of methoxy groups -OCH3 is 1. The number of carbonyl (C=O) groups is 2. The number of hydrogen-bond donors (Lipinski definition) is 2. The molecule has 1 aromatic heterocycles. The van der Waals surface area contributed by atoms with Crippen molar-refractivity contribution in [2.75, 3.05) is 7.11 Å². The highest BCUT2D eigenvalue weighted by molar-refractivity contribution is 5.95. The minimum atomic E-state index is -1.44. The van der Waals surface area contributed by atoms with E-state index in [-0.39, 0.29) is 22.4 Å². The minimum Gasteiger partial charge on any atom is -0.494 e. The monoisotopic (exact) mass is 350 g/mol. The summed E-state index contributed by atoms with van der Waals surface area (Å²) in [7, 11) is 1.30. The standard InChI is InChI=1S/C17H19FN2O5/c1-17(2,3)13-8-11(20-25-13)15(21)19-14(16(22)23)9-5-6-12(24-4)10(18)7-9/h5-8,14H,1-4H3,(H,19,21)(H,22,23). The average Bonchev–Trinajstić information content (AvgIpc) is 3.02. The van der Waals surface area contributed by atoms with Crippen molar-refractivity contribution in [3.63, 3.8) is 0 Å². The van der Waals surface area contributed by atoms with E-state index in [0.717, 1.165) is 6.07 Å². The van der Waals surface area contributed by atoms with Crippen LogP contribution < -0.4 is 10.1 Å². The Morgan fingerprint density at radius 1 is 1.32 bits per heavy atom. The molecule has 7 nitrogen and oxygen atoms in total. The summed E-state index contributed by atoms with van der Waals surface area (Å²) < 4.78 is 23.7. The third kappa shape index (κ3) is 4.14. The Morgan fingerprint density at radius 3 is 2.48 bits per heavy atom. The highest BCUT2D eigenvalue weighted by atomic mass is 19.1. The molecule has 0 aliphatic carbocycles. The smallest absolute Gasteiger partial charge is 0.330 e. The number of halogens is 1. The van der Waals surface area contributed by atoms with E-state index < -0.39 is 23.7 Å². The molecule has 0 spiro atoms. The van der Waals surface area contributed by atoms with Crippen molar-refractivity contribution in [1.82, 2.24) is 10.5 Å². The van der Waals surface area contributed by atoms with Crippen LogP contribution in [-0.2, 0) is 10.2 Å². The van der Waals surface area contributed by atoms with E-state index >= 15 is 0 Å². The van der Waals surface area contributed by atoms with Gasteiger partial charge in [-0.2, -0.15) is 0 Å². The molecule has 2 aromatic rings. The van der Waals surface area contributed by atoms with Crippen LogP contribution in [0, 0.1) is 5.82 Å². The number of carboxylic acids is 1. The second-order valence-corrected chi connectivity index (χ2v) is 6.47. The van der Waals surface area contributed by atoms with Crippen LogP contribution in [0.5, 0.6) is 5.75 Å². The Labute approximate surface area is 143 Å². The Balaban J connectivity index is 2.24. The van der Waals surface area contributed by atoms with Gasteiger partial charge in [-0.3, -0.25) is 4.79 Å². The Bertz CT molecular complexity index is 795. The number of hydrogen-bond acceptors (Lipinski definition) is 5. The number of carboxylic acid groups (broad SMARTS) is 1. The molecule has 134 valence electrons. The molecule has 2 rings (SSSR count). The third-order valence-electron chi connectivity index (χ3n) is 3.51. The summed E-state index contributed by atoms with van der Waals surface area (Å²) in [5, 5.41) is 15.3. The predicted molar refractivity (Wildman–Crippen MR) is 86.0 cm³/mol. The minimum absolute atomic E-state index is 0.0227. The van der Waals surface area contributed by atoms with Gasteiger partial charge in [0.05, 0.1) is 7.11 Å². The molecule has 1 amide bonds. The topological polar surface area (TPSA) is 102 Å². The maximum absolute atomic E-state index is 13.8. The van der Waals surface area contributed by atoms with Gasteiger partial charge < -0.3 is 19.7 Å². The first-order chi connectivity index (χ1) is 11.6. The summed E-state index contributed by atoms with van der Waals surface area (Å²) in [5.74, 6) is -2.33. The van der Waals surface area contributed by atoms with Gasteiger partial charge in [0, 0.05) is 11.5 Å². The van der Waals surface area contributed by atoms with Gasteiger partial charge in [-0.1, -0.05) is 32.0 Å². The quantitative estimate of drug-likeness (QED) is 0.860. The van der Waals surface area contributed by atoms with E-state index in [1.165, 1.54) is 25.3 Å². The summed E-state index contributed by atoms with van der Waals surface area (Å²) in [6.07, 6.45) is 0. The van der Waals surface area contributed by atoms with Gasteiger partial charge in [-0.15, -0.1) is 0 Å². The Kier molecular flexibility index (Phi) is 5.10. The molecule has 25 heavy (non-hydrogen) atoms. The van der Waals surface area contributed by atoms with Crippen molar-refractivity contribution in [1.29, 1.82) is 0 Å². The van der Waals surface area contributed by atoms with Gasteiger partial charge in [0.25, 0.3) is 5.91 Å². The second kappa shape index (κ2) is 6.92. The van der Waals surface area contributed by atoms with Crippen molar-refractivity contribution >= 4 is 11.9 Å². The van der Waals surface area contributed by atoms with Gasteiger partial charge in [-0.05, 0) is 17.7 Å². The number of ether oxygens (including phenoxy) is 1. The van der Waals surface area contributed by atoms with Crippen molar-refractivity contribution in [3.8, 4) is 5.75 Å². The van der Waals surface area contributed by atoms with Crippen molar-refractivity contribution in [2.45, 2.75) is 32.2 Å². The molecule has 0 bridgehead atoms. The average molecular weight is 350 g/mol. The molecule has 2 N–H and O–H groups in total. The number of nitrogens with one attached hydrogen (secondary N) is 1. The van der Waals surface area contributed by atoms with E-state index in [9.17, 15) is 19.1 Å². The molecule has 8 heteroatoms. The van der Waals surface area contributed by atoms with E-state index in [2.05, 4.69) is 10.5 Å². The second-order valence-electron chi connectivity index (χ2n) is 6.47. The van der Waals surface area contributed by atoms with Gasteiger partial charge in [-0.25, -0.2) is 9.18 Å². The highest BCUT2D eigenvalue weighted by Crippen LogP contribution is 2.24. The molecular formula is C17H19FN2O5. The molecule has 0 saturated heterocycles. The van der Waals surface area contributed by atoms with Gasteiger partial charge in [0.15, 0.2) is 23.3 Å². The molecule has 0 aliphatic heterocycles. The lowest BCUT2D eigenvalue weighted by Gasteiger charge is -2.15. The zero-order chi connectivity index (χ0) is 18.8. The molecule has 1 heterocycles. The third-order valence-corrected chi connectivity index (χ3v) is 3.51. The summed E-state index contributed by atoms with van der Waals surface area (Å²) >= 11 is 0. The first kappa shape index (κ1) is 18.4. The molecule has 0 radical (unpaired) electrons. The Hall–Kier alpha value is -2.90. The van der Waals surface area contributed by atoms with E-state index in [4.69, 9.17) is 9.26 Å². The van der Waals surface area contributed by atoms with Crippen LogP contribution in [0.1, 0.15) is 48.6 Å². The Morgan fingerprint density at radius 2 is 2.00 bits per heavy atom. The summed E-state index contributed by atoms with van der Waals surface area (Å²) in [6, 6.07) is 3.66. The molecule has 1 aromatic carbocycles. The normalized spacial score (nSPS) is 12.5. The zero-order valence-corrected chi connectivity index (χ0v) is 14.3. The summed E-state index contributed by atoms with van der Waals surface area (Å²) in [6.45, 7) is 5.65. The molecule has 0 fully saturated rings. The van der Waals surface area contributed by atoms with Crippen LogP contribution in [0.25, 0.3) is 0 Å². The first-order valence-electron chi connectivity index (χ1n) is 7.47. The number of nitrogens with zero attached hydrogens (tertiary/aromatic N) is 1. The van der Waals surface area contributed by atoms with Crippen molar-refractivity contribution in [3.05, 3.63) is 47.1 Å². The predicted octanol–water partition coefficient (Wildman–Crippen LogP) is 2.68. The number of benzene rings is 1. The van der Waals surface area contributed by atoms with E-state index in [0.29, 0.717) is 5.76 Å². The van der Waals surface area contributed by atoms with Crippen LogP contribution in [0.4, 0.5) is 4.39 Å². The lowest BCUT2D eigenvalue weighted by molar-refractivity contribution is -0.139. The zero-order valence-electron chi connectivity index (χ0n) is 14.3. The molecule has 1 unspecified atom stereocenters. The van der Waals surface area contributed by atoms with Gasteiger partial charge in [0.2, 0.25) is 0 Å². The molecular weight excluding hydrogens is 331 g/mol. The van der Waals surface area contributed by atoms with Crippen LogP contribution in [0.3, 0.4) is 0 Å². The molecule has 1 atom stereocenters. The van der Waals surface area contributed by atoms with Crippen LogP contribution in [0.15, 0.2) is 28.8 Å². The molecule has 0 saturated carbocycles. The van der Waals surface area contributed by atoms with Crippen LogP contribution in [0.2, 0.25) is 0 Å². The number of carbonyl (C=O) groups excluding carboxylic acids is 1. The number of rotatable bonds is 5. The fourth-order valence-corrected chi connectivity index (χ4v) is 2.09. The van der Waals surface area contributed by atoms with Gasteiger partial charge in [0.1, 0.15) is 5.76 Å². The summed E-state index contributed by atoms with van der Waals surface area (Å²) in [4.78, 5) is 23.8. The lowest BCUT2D eigenvalue weighted by atomic mass is 9.93. The van der Waals surface area contributed by atoms with Gasteiger partial charge >= 0.3 is 5.97 Å². The first-order valence-corrected chi connectivity index (χ1v) is 7.47. The number of aliphatic carboxylic acids is 1. The van der Waals surface area contributed by atoms with Crippen LogP contribution >= 0.6 is 0 Å². The lowest BCUT2D eigenvalue weighted by Crippen LogP contribution is -2.34. The van der Waals surface area contributed by atoms with E-state index in [1.807, 2.05) is 20.8 Å². The van der Waals surface area contributed by atoms with Crippen molar-refractivity contribution in [2.24, 2.45) is 0 Å². The largest absolute Gasteiger partial charge is 0.494 e. The SMILES string of the molecule is COc1ccc(C(NC(=O)c2cc(C(C)(C)C)on2)C(=O)O)cc1F. The fraction of sp³-hybridized carbons (Fsp3) is 0.353. The van der Waals surface area contributed by atoms with Crippen molar-refractivity contribution < 1.29 is 28.3 Å². The summed E-state index contributed by atoms with van der Waals surface area (Å²) in [5.41, 5.74) is -0.333.